The number of carbonyl (C=O) groups is 1. The van der Waals surface area contributed by atoms with E-state index in [1.54, 1.807) is 0 Å². The Morgan fingerprint density at radius 3 is 2.18 bits per heavy atom. The van der Waals surface area contributed by atoms with Gasteiger partial charge in [-0.15, -0.1) is 0 Å². The third-order valence-corrected chi connectivity index (χ3v) is 3.76. The minimum Gasteiger partial charge on any atom is -0.478 e. The van der Waals surface area contributed by atoms with E-state index in [0.29, 0.717) is 6.07 Å². The molecule has 1 unspecified atom stereocenters. The van der Waals surface area contributed by atoms with Crippen molar-refractivity contribution in [2.75, 3.05) is 0 Å². The topological polar surface area (TPSA) is 57.5 Å². The molecule has 3 nitrogen and oxygen atoms in total. The van der Waals surface area contributed by atoms with Gasteiger partial charge in [-0.3, -0.25) is 0 Å². The van der Waals surface area contributed by atoms with Gasteiger partial charge in [-0.1, -0.05) is 11.6 Å². The van der Waals surface area contributed by atoms with E-state index < -0.39 is 23.7 Å². The van der Waals surface area contributed by atoms with E-state index in [1.165, 1.54) is 19.9 Å². The second-order valence-corrected chi connectivity index (χ2v) is 5.37. The van der Waals surface area contributed by atoms with E-state index in [2.05, 4.69) is 0 Å². The molecule has 2 aromatic carbocycles. The lowest BCUT2D eigenvalue weighted by Gasteiger charge is -2.18. The summed E-state index contributed by atoms with van der Waals surface area (Å²) in [5.74, 6) is -2.97. The van der Waals surface area contributed by atoms with Crippen LogP contribution >= 0.6 is 11.6 Å². The molecule has 0 aromatic heterocycles. The van der Waals surface area contributed by atoms with E-state index in [0.717, 1.165) is 12.1 Å². The van der Waals surface area contributed by atoms with Crippen molar-refractivity contribution < 1.29 is 23.8 Å². The molecule has 0 heterocycles. The molecule has 0 aliphatic rings. The van der Waals surface area contributed by atoms with Gasteiger partial charge < -0.3 is 10.2 Å². The first-order chi connectivity index (χ1) is 10.2. The highest BCUT2D eigenvalue weighted by Gasteiger charge is 2.23. The zero-order valence-electron chi connectivity index (χ0n) is 11.8. The predicted molar refractivity (Wildman–Crippen MR) is 79.1 cm³/mol. The van der Waals surface area contributed by atoms with Gasteiger partial charge >= 0.3 is 5.97 Å². The van der Waals surface area contributed by atoms with E-state index in [4.69, 9.17) is 11.6 Å². The molecule has 0 aliphatic heterocycles. The van der Waals surface area contributed by atoms with Crippen molar-refractivity contribution in [3.8, 4) is 11.1 Å². The smallest absolute Gasteiger partial charge is 0.336 e. The summed E-state index contributed by atoms with van der Waals surface area (Å²) in [5, 5.41) is 19.5. The molecule has 116 valence electrons. The van der Waals surface area contributed by atoms with E-state index in [1.807, 2.05) is 0 Å². The van der Waals surface area contributed by atoms with Gasteiger partial charge in [0.15, 0.2) is 0 Å². The number of aromatic carboxylic acids is 1. The minimum absolute atomic E-state index is 0.0329. The third kappa shape index (κ3) is 2.96. The molecule has 0 saturated heterocycles. The van der Waals surface area contributed by atoms with Crippen LogP contribution in [0.1, 0.15) is 34.5 Å². The summed E-state index contributed by atoms with van der Waals surface area (Å²) in [5.41, 5.74) is 0.359. The molecular weight excluding hydrogens is 314 g/mol. The highest BCUT2D eigenvalue weighted by Crippen LogP contribution is 2.37. The van der Waals surface area contributed by atoms with Crippen molar-refractivity contribution in [2.24, 2.45) is 0 Å². The Hall–Kier alpha value is -1.98. The first-order valence-electron chi connectivity index (χ1n) is 6.43. The Kier molecular flexibility index (Phi) is 4.49. The van der Waals surface area contributed by atoms with Crippen LogP contribution < -0.4 is 0 Å². The summed E-state index contributed by atoms with van der Waals surface area (Å²) < 4.78 is 27.0. The largest absolute Gasteiger partial charge is 0.478 e. The lowest BCUT2D eigenvalue weighted by Crippen LogP contribution is -2.08. The van der Waals surface area contributed by atoms with Crippen molar-refractivity contribution in [1.29, 1.82) is 0 Å². The minimum atomic E-state index is -1.29. The number of carboxylic acid groups (broad SMARTS) is 1. The number of hydrogen-bond acceptors (Lipinski definition) is 2. The van der Waals surface area contributed by atoms with Gasteiger partial charge in [0.05, 0.1) is 11.7 Å². The maximum atomic E-state index is 13.5. The molecule has 22 heavy (non-hydrogen) atoms. The Labute approximate surface area is 130 Å². The molecular formula is C16H13ClF2O3. The third-order valence-electron chi connectivity index (χ3n) is 3.37. The molecule has 0 saturated carbocycles. The normalized spacial score (nSPS) is 12.3. The summed E-state index contributed by atoms with van der Waals surface area (Å²) in [6.45, 7) is 2.92. The van der Waals surface area contributed by atoms with Crippen LogP contribution in [0.15, 0.2) is 24.3 Å². The monoisotopic (exact) mass is 326 g/mol. The van der Waals surface area contributed by atoms with E-state index in [9.17, 15) is 23.8 Å². The molecule has 0 fully saturated rings. The van der Waals surface area contributed by atoms with Crippen LogP contribution in [0.5, 0.6) is 0 Å². The van der Waals surface area contributed by atoms with Gasteiger partial charge in [-0.25, -0.2) is 13.6 Å². The lowest BCUT2D eigenvalue weighted by atomic mass is 9.89. The fourth-order valence-electron chi connectivity index (χ4n) is 2.37. The Morgan fingerprint density at radius 2 is 1.73 bits per heavy atom. The SMILES string of the molecule is Cc1c(Cl)cc(C(C)O)c(-c2cc(F)cc(F)c2)c1C(=O)O. The lowest BCUT2D eigenvalue weighted by molar-refractivity contribution is 0.0696. The molecule has 1 atom stereocenters. The van der Waals surface area contributed by atoms with Gasteiger partial charge in [-0.2, -0.15) is 0 Å². The number of halogens is 3. The van der Waals surface area contributed by atoms with Gasteiger partial charge in [0.2, 0.25) is 0 Å². The molecule has 0 spiro atoms. The maximum Gasteiger partial charge on any atom is 0.336 e. The zero-order chi connectivity index (χ0) is 16.6. The highest BCUT2D eigenvalue weighted by atomic mass is 35.5. The van der Waals surface area contributed by atoms with Crippen LogP contribution in [0.3, 0.4) is 0 Å². The second-order valence-electron chi connectivity index (χ2n) is 4.96. The molecule has 0 bridgehead atoms. The summed E-state index contributed by atoms with van der Waals surface area (Å²) in [7, 11) is 0. The Morgan fingerprint density at radius 1 is 1.18 bits per heavy atom. The summed E-state index contributed by atoms with van der Waals surface area (Å²) >= 11 is 6.01. The highest BCUT2D eigenvalue weighted by molar-refractivity contribution is 6.32. The van der Waals surface area contributed by atoms with Gasteiger partial charge in [-0.05, 0) is 48.7 Å². The van der Waals surface area contributed by atoms with Crippen molar-refractivity contribution in [3.05, 3.63) is 57.6 Å². The number of benzene rings is 2. The van der Waals surface area contributed by atoms with Gasteiger partial charge in [0.25, 0.3) is 0 Å². The number of carboxylic acids is 1. The van der Waals surface area contributed by atoms with Crippen molar-refractivity contribution in [3.63, 3.8) is 0 Å². The number of aliphatic hydroxyl groups excluding tert-OH is 1. The quantitative estimate of drug-likeness (QED) is 0.882. The first kappa shape index (κ1) is 16.4. The van der Waals surface area contributed by atoms with Crippen LogP contribution in [-0.2, 0) is 0 Å². The molecule has 6 heteroatoms. The van der Waals surface area contributed by atoms with Gasteiger partial charge in [0.1, 0.15) is 11.6 Å². The average Bonchev–Trinajstić information content (AvgIpc) is 2.39. The summed E-state index contributed by atoms with van der Waals surface area (Å²) in [4.78, 5) is 11.6. The zero-order valence-corrected chi connectivity index (χ0v) is 12.6. The molecule has 0 aliphatic carbocycles. The number of rotatable bonds is 3. The van der Waals surface area contributed by atoms with Crippen LogP contribution in [-0.4, -0.2) is 16.2 Å². The van der Waals surface area contributed by atoms with Gasteiger partial charge in [0, 0.05) is 16.7 Å². The molecule has 2 rings (SSSR count). The number of aliphatic hydroxyl groups is 1. The van der Waals surface area contributed by atoms with Crippen molar-refractivity contribution in [1.82, 2.24) is 0 Å². The van der Waals surface area contributed by atoms with E-state index in [-0.39, 0.29) is 32.8 Å². The summed E-state index contributed by atoms with van der Waals surface area (Å²) in [6.07, 6.45) is -1.06. The molecule has 0 amide bonds. The van der Waals surface area contributed by atoms with E-state index >= 15 is 0 Å². The second kappa shape index (κ2) is 6.02. The van der Waals surface area contributed by atoms with Crippen LogP contribution in [0.2, 0.25) is 5.02 Å². The molecule has 0 radical (unpaired) electrons. The fourth-order valence-corrected chi connectivity index (χ4v) is 2.59. The molecule has 2 aromatic rings. The van der Waals surface area contributed by atoms with Crippen molar-refractivity contribution in [2.45, 2.75) is 20.0 Å². The van der Waals surface area contributed by atoms with Crippen molar-refractivity contribution >= 4 is 17.6 Å². The average molecular weight is 327 g/mol. The van der Waals surface area contributed by atoms with Crippen LogP contribution in [0, 0.1) is 18.6 Å². The first-order valence-corrected chi connectivity index (χ1v) is 6.81. The Balaban J connectivity index is 2.93. The van der Waals surface area contributed by atoms with Crippen LogP contribution in [0.4, 0.5) is 8.78 Å². The summed E-state index contributed by atoms with van der Waals surface area (Å²) in [6, 6.07) is 4.13. The predicted octanol–water partition coefficient (Wildman–Crippen LogP) is 4.35. The maximum absolute atomic E-state index is 13.5. The number of hydrogen-bond donors (Lipinski definition) is 2. The molecule has 2 N–H and O–H groups in total. The Bertz CT molecular complexity index is 737. The standard InChI is InChI=1S/C16H13ClF2O3/c1-7-13(17)6-12(8(2)20)15(14(7)16(21)22)9-3-10(18)5-11(19)4-9/h3-6,8,20H,1-2H3,(H,21,22). The fraction of sp³-hybridized carbons (Fsp3) is 0.188. The van der Waals surface area contributed by atoms with Crippen LogP contribution in [0.25, 0.3) is 11.1 Å².